The molecule has 28 heavy (non-hydrogen) atoms. The van der Waals surface area contributed by atoms with Gasteiger partial charge in [0, 0.05) is 35.3 Å². The Labute approximate surface area is 163 Å². The predicted molar refractivity (Wildman–Crippen MR) is 104 cm³/mol. The average molecular weight is 404 g/mol. The first-order chi connectivity index (χ1) is 13.2. The molecule has 2 aromatic rings. The van der Waals surface area contributed by atoms with Crippen LogP contribution in [0.15, 0.2) is 16.0 Å². The Morgan fingerprint density at radius 1 is 1.29 bits per heavy atom. The molecule has 1 aliphatic carbocycles. The molecular formula is C19H24N4O4S. The van der Waals surface area contributed by atoms with E-state index in [-0.39, 0.29) is 23.0 Å². The number of aromatic nitrogens is 3. The summed E-state index contributed by atoms with van der Waals surface area (Å²) >= 11 is 0. The minimum atomic E-state index is -3.63. The largest absolute Gasteiger partial charge is 0.346 e. The third-order valence-electron chi connectivity index (χ3n) is 4.77. The van der Waals surface area contributed by atoms with Crippen molar-refractivity contribution in [3.8, 4) is 0 Å². The molecule has 2 aromatic heterocycles. The second kappa shape index (κ2) is 7.83. The SMILES string of the molecule is CCCc1cc(C)[nH]c(=O)c1CNC(=O)c1nc(S(C)(=O)=O)nc2c1CCC2. The number of pyridine rings is 1. The predicted octanol–water partition coefficient (Wildman–Crippen LogP) is 1.25. The average Bonchev–Trinajstić information content (AvgIpc) is 3.08. The van der Waals surface area contributed by atoms with E-state index in [1.165, 1.54) is 0 Å². The van der Waals surface area contributed by atoms with Crippen LogP contribution >= 0.6 is 0 Å². The number of carbonyl (C=O) groups is 1. The smallest absolute Gasteiger partial charge is 0.270 e. The minimum Gasteiger partial charge on any atom is -0.346 e. The molecule has 0 unspecified atom stereocenters. The van der Waals surface area contributed by atoms with E-state index in [1.807, 2.05) is 19.9 Å². The van der Waals surface area contributed by atoms with E-state index in [9.17, 15) is 18.0 Å². The number of fused-ring (bicyclic) bond motifs is 1. The van der Waals surface area contributed by atoms with Gasteiger partial charge in [0.2, 0.25) is 15.0 Å². The maximum Gasteiger partial charge on any atom is 0.270 e. The van der Waals surface area contributed by atoms with Crippen LogP contribution in [0, 0.1) is 6.92 Å². The number of carbonyl (C=O) groups excluding carboxylic acids is 1. The van der Waals surface area contributed by atoms with Gasteiger partial charge in [-0.05, 0) is 44.2 Å². The van der Waals surface area contributed by atoms with E-state index in [0.717, 1.165) is 36.8 Å². The van der Waals surface area contributed by atoms with Crippen molar-refractivity contribution >= 4 is 15.7 Å². The first-order valence-corrected chi connectivity index (χ1v) is 11.2. The van der Waals surface area contributed by atoms with Crippen molar-refractivity contribution in [2.45, 2.75) is 57.7 Å². The molecule has 2 heterocycles. The van der Waals surface area contributed by atoms with E-state index in [4.69, 9.17) is 0 Å². The summed E-state index contributed by atoms with van der Waals surface area (Å²) in [4.78, 5) is 36.0. The van der Waals surface area contributed by atoms with Gasteiger partial charge < -0.3 is 10.3 Å². The highest BCUT2D eigenvalue weighted by atomic mass is 32.2. The molecule has 0 atom stereocenters. The molecule has 0 saturated carbocycles. The van der Waals surface area contributed by atoms with Crippen LogP contribution < -0.4 is 10.9 Å². The van der Waals surface area contributed by atoms with Gasteiger partial charge in [-0.25, -0.2) is 18.4 Å². The number of hydrogen-bond donors (Lipinski definition) is 2. The van der Waals surface area contributed by atoms with Gasteiger partial charge in [0.25, 0.3) is 11.5 Å². The lowest BCUT2D eigenvalue weighted by Gasteiger charge is -2.12. The van der Waals surface area contributed by atoms with Crippen LogP contribution in [0.4, 0.5) is 0 Å². The maximum absolute atomic E-state index is 12.8. The zero-order valence-electron chi connectivity index (χ0n) is 16.3. The fraction of sp³-hybridized carbons (Fsp3) is 0.474. The zero-order valence-corrected chi connectivity index (χ0v) is 17.1. The third-order valence-corrected chi connectivity index (χ3v) is 5.61. The molecule has 1 aliphatic rings. The lowest BCUT2D eigenvalue weighted by Crippen LogP contribution is -2.30. The normalized spacial score (nSPS) is 13.4. The zero-order chi connectivity index (χ0) is 20.5. The molecule has 0 radical (unpaired) electrons. The summed E-state index contributed by atoms with van der Waals surface area (Å²) in [5.74, 6) is -0.493. The van der Waals surface area contributed by atoms with Gasteiger partial charge in [0.1, 0.15) is 5.69 Å². The number of amides is 1. The lowest BCUT2D eigenvalue weighted by molar-refractivity contribution is 0.0943. The van der Waals surface area contributed by atoms with Crippen LogP contribution in [0.2, 0.25) is 0 Å². The van der Waals surface area contributed by atoms with E-state index in [0.29, 0.717) is 29.7 Å². The Morgan fingerprint density at radius 3 is 2.71 bits per heavy atom. The molecule has 0 spiro atoms. The highest BCUT2D eigenvalue weighted by molar-refractivity contribution is 7.90. The third kappa shape index (κ3) is 4.14. The van der Waals surface area contributed by atoms with Crippen LogP contribution in [-0.2, 0) is 35.6 Å². The van der Waals surface area contributed by atoms with Crippen molar-refractivity contribution in [3.63, 3.8) is 0 Å². The number of nitrogens with one attached hydrogen (secondary N) is 2. The van der Waals surface area contributed by atoms with Crippen molar-refractivity contribution in [2.75, 3.05) is 6.26 Å². The van der Waals surface area contributed by atoms with Crippen molar-refractivity contribution in [3.05, 3.63) is 50.2 Å². The number of nitrogens with zero attached hydrogens (tertiary/aromatic N) is 2. The highest BCUT2D eigenvalue weighted by Gasteiger charge is 2.26. The van der Waals surface area contributed by atoms with Gasteiger partial charge in [-0.3, -0.25) is 9.59 Å². The van der Waals surface area contributed by atoms with Gasteiger partial charge in [-0.15, -0.1) is 0 Å². The van der Waals surface area contributed by atoms with Gasteiger partial charge >= 0.3 is 0 Å². The van der Waals surface area contributed by atoms with E-state index >= 15 is 0 Å². The molecule has 0 fully saturated rings. The molecule has 0 aliphatic heterocycles. The first-order valence-electron chi connectivity index (χ1n) is 9.30. The molecule has 0 bridgehead atoms. The summed E-state index contributed by atoms with van der Waals surface area (Å²) < 4.78 is 23.8. The second-order valence-electron chi connectivity index (χ2n) is 7.12. The Hall–Kier alpha value is -2.55. The summed E-state index contributed by atoms with van der Waals surface area (Å²) in [6.07, 6.45) is 4.69. The Morgan fingerprint density at radius 2 is 2.04 bits per heavy atom. The van der Waals surface area contributed by atoms with Gasteiger partial charge in [-0.2, -0.15) is 0 Å². The monoisotopic (exact) mass is 404 g/mol. The lowest BCUT2D eigenvalue weighted by atomic mass is 10.0. The molecule has 8 nitrogen and oxygen atoms in total. The summed E-state index contributed by atoms with van der Waals surface area (Å²) in [5.41, 5.74) is 3.34. The topological polar surface area (TPSA) is 122 Å². The molecule has 9 heteroatoms. The van der Waals surface area contributed by atoms with E-state index in [1.54, 1.807) is 0 Å². The molecular weight excluding hydrogens is 380 g/mol. The standard InChI is InChI=1S/C19H24N4O4S/c1-4-6-12-9-11(2)21-17(24)14(12)10-20-18(25)16-13-7-5-8-15(13)22-19(23-16)28(3,26)27/h9H,4-8,10H2,1-3H3,(H,20,25)(H,21,24). The molecule has 1 amide bonds. The number of aromatic amines is 1. The van der Waals surface area contributed by atoms with Crippen LogP contribution in [0.25, 0.3) is 0 Å². The number of sulfone groups is 1. The minimum absolute atomic E-state index is 0.0523. The Bertz CT molecular complexity index is 1090. The fourth-order valence-electron chi connectivity index (χ4n) is 3.49. The van der Waals surface area contributed by atoms with Crippen LogP contribution in [0.5, 0.6) is 0 Å². The van der Waals surface area contributed by atoms with E-state index < -0.39 is 15.7 Å². The number of H-pyrrole nitrogens is 1. The Kier molecular flexibility index (Phi) is 5.64. The molecule has 150 valence electrons. The van der Waals surface area contributed by atoms with Crippen LogP contribution in [0.3, 0.4) is 0 Å². The summed E-state index contributed by atoms with van der Waals surface area (Å²) in [5, 5.41) is 2.40. The fourth-order valence-corrected chi connectivity index (χ4v) is 4.02. The summed E-state index contributed by atoms with van der Waals surface area (Å²) in [6.45, 7) is 3.90. The van der Waals surface area contributed by atoms with Crippen molar-refractivity contribution in [1.29, 1.82) is 0 Å². The van der Waals surface area contributed by atoms with Gasteiger partial charge in [0.15, 0.2) is 0 Å². The number of aryl methyl sites for hydroxylation is 3. The van der Waals surface area contributed by atoms with Crippen molar-refractivity contribution < 1.29 is 13.2 Å². The molecule has 0 saturated heterocycles. The van der Waals surface area contributed by atoms with Crippen LogP contribution in [-0.4, -0.2) is 35.5 Å². The van der Waals surface area contributed by atoms with Crippen molar-refractivity contribution in [1.82, 2.24) is 20.3 Å². The molecule has 0 aromatic carbocycles. The van der Waals surface area contributed by atoms with Crippen molar-refractivity contribution in [2.24, 2.45) is 0 Å². The number of rotatable bonds is 6. The Balaban J connectivity index is 1.91. The van der Waals surface area contributed by atoms with Crippen LogP contribution in [0.1, 0.15) is 58.3 Å². The first kappa shape index (κ1) is 20.2. The highest BCUT2D eigenvalue weighted by Crippen LogP contribution is 2.24. The van der Waals surface area contributed by atoms with Gasteiger partial charge in [-0.1, -0.05) is 13.3 Å². The molecule has 2 N–H and O–H groups in total. The summed E-state index contributed by atoms with van der Waals surface area (Å²) in [7, 11) is -3.63. The van der Waals surface area contributed by atoms with Gasteiger partial charge in [0.05, 0.1) is 0 Å². The second-order valence-corrected chi connectivity index (χ2v) is 9.03. The molecule has 3 rings (SSSR count). The maximum atomic E-state index is 12.8. The van der Waals surface area contributed by atoms with E-state index in [2.05, 4.69) is 20.3 Å². The quantitative estimate of drug-likeness (QED) is 0.699. The number of hydrogen-bond acceptors (Lipinski definition) is 6. The summed E-state index contributed by atoms with van der Waals surface area (Å²) in [6, 6.07) is 1.91.